The largest absolute Gasteiger partial charge is 0.424 e. The second kappa shape index (κ2) is 7.21. The Balaban J connectivity index is 1.64. The summed E-state index contributed by atoms with van der Waals surface area (Å²) in [6, 6.07) is 8.47. The highest BCUT2D eigenvalue weighted by atomic mass is 16.5. The SMILES string of the molecule is Cc1ccccc1Cc1nnc(CN2CC(CO)OCC2C)o1. The number of hydrogen-bond acceptors (Lipinski definition) is 6. The first-order chi connectivity index (χ1) is 11.2. The Labute approximate surface area is 136 Å². The lowest BCUT2D eigenvalue weighted by molar-refractivity contribution is -0.0824. The average molecular weight is 317 g/mol. The van der Waals surface area contributed by atoms with Gasteiger partial charge >= 0.3 is 0 Å². The van der Waals surface area contributed by atoms with Crippen molar-refractivity contribution in [3.63, 3.8) is 0 Å². The number of aromatic nitrogens is 2. The zero-order valence-corrected chi connectivity index (χ0v) is 13.6. The maximum absolute atomic E-state index is 9.25. The fourth-order valence-corrected chi connectivity index (χ4v) is 2.77. The molecule has 0 aliphatic carbocycles. The highest BCUT2D eigenvalue weighted by molar-refractivity contribution is 5.27. The molecule has 1 saturated heterocycles. The summed E-state index contributed by atoms with van der Waals surface area (Å²) in [5, 5.41) is 17.6. The van der Waals surface area contributed by atoms with Gasteiger partial charge in [0, 0.05) is 12.6 Å². The van der Waals surface area contributed by atoms with Crippen molar-refractivity contribution in [2.75, 3.05) is 19.8 Å². The highest BCUT2D eigenvalue weighted by Crippen LogP contribution is 2.17. The molecule has 0 bridgehead atoms. The Morgan fingerprint density at radius 3 is 2.83 bits per heavy atom. The van der Waals surface area contributed by atoms with Crippen molar-refractivity contribution in [2.45, 2.75) is 39.0 Å². The van der Waals surface area contributed by atoms with Crippen LogP contribution in [0.5, 0.6) is 0 Å². The Bertz CT molecular complexity index is 644. The molecule has 2 heterocycles. The number of morpholine rings is 1. The van der Waals surface area contributed by atoms with Crippen LogP contribution in [0.2, 0.25) is 0 Å². The van der Waals surface area contributed by atoms with E-state index in [1.165, 1.54) is 11.1 Å². The second-order valence-electron chi connectivity index (χ2n) is 6.11. The molecule has 1 aliphatic heterocycles. The van der Waals surface area contributed by atoms with E-state index in [0.29, 0.717) is 37.9 Å². The van der Waals surface area contributed by atoms with Gasteiger partial charge < -0.3 is 14.3 Å². The van der Waals surface area contributed by atoms with Gasteiger partial charge in [-0.3, -0.25) is 4.90 Å². The van der Waals surface area contributed by atoms with Gasteiger partial charge in [0.05, 0.1) is 32.3 Å². The monoisotopic (exact) mass is 317 g/mol. The fraction of sp³-hybridized carbons (Fsp3) is 0.529. The van der Waals surface area contributed by atoms with Gasteiger partial charge in [0.25, 0.3) is 0 Å². The third kappa shape index (κ3) is 3.96. The molecule has 2 unspecified atom stereocenters. The summed E-state index contributed by atoms with van der Waals surface area (Å²) in [6.45, 7) is 6.07. The maximum Gasteiger partial charge on any atom is 0.230 e. The lowest BCUT2D eigenvalue weighted by Crippen LogP contribution is -2.48. The summed E-state index contributed by atoms with van der Waals surface area (Å²) in [5.74, 6) is 1.24. The molecule has 6 nitrogen and oxygen atoms in total. The van der Waals surface area contributed by atoms with Crippen LogP contribution in [0.1, 0.15) is 29.8 Å². The third-order valence-electron chi connectivity index (χ3n) is 4.29. The summed E-state index contributed by atoms with van der Waals surface area (Å²) in [4.78, 5) is 2.20. The first-order valence-electron chi connectivity index (χ1n) is 7.98. The zero-order chi connectivity index (χ0) is 16.2. The van der Waals surface area contributed by atoms with E-state index < -0.39 is 0 Å². The Morgan fingerprint density at radius 1 is 1.26 bits per heavy atom. The quantitative estimate of drug-likeness (QED) is 0.902. The van der Waals surface area contributed by atoms with Crippen molar-refractivity contribution in [3.8, 4) is 0 Å². The van der Waals surface area contributed by atoms with Gasteiger partial charge in [-0.1, -0.05) is 24.3 Å². The zero-order valence-electron chi connectivity index (χ0n) is 13.6. The topological polar surface area (TPSA) is 71.6 Å². The van der Waals surface area contributed by atoms with E-state index in [-0.39, 0.29) is 18.8 Å². The van der Waals surface area contributed by atoms with Gasteiger partial charge in [0.1, 0.15) is 0 Å². The molecule has 0 spiro atoms. The van der Waals surface area contributed by atoms with Gasteiger partial charge in [0.2, 0.25) is 11.8 Å². The smallest absolute Gasteiger partial charge is 0.230 e. The number of rotatable bonds is 5. The lowest BCUT2D eigenvalue weighted by Gasteiger charge is -2.36. The Morgan fingerprint density at radius 2 is 2.04 bits per heavy atom. The molecule has 3 rings (SSSR count). The molecule has 1 aliphatic rings. The predicted molar refractivity (Wildman–Crippen MR) is 85.0 cm³/mol. The van der Waals surface area contributed by atoms with E-state index in [0.717, 1.165) is 0 Å². The van der Waals surface area contributed by atoms with E-state index >= 15 is 0 Å². The van der Waals surface area contributed by atoms with E-state index in [9.17, 15) is 5.11 Å². The first-order valence-corrected chi connectivity index (χ1v) is 7.98. The molecule has 124 valence electrons. The van der Waals surface area contributed by atoms with Gasteiger partial charge in [0.15, 0.2) is 0 Å². The minimum absolute atomic E-state index is 0.0333. The number of hydrogen-bond donors (Lipinski definition) is 1. The Hall–Kier alpha value is -1.76. The van der Waals surface area contributed by atoms with E-state index in [4.69, 9.17) is 9.15 Å². The van der Waals surface area contributed by atoms with E-state index in [1.807, 2.05) is 12.1 Å². The number of ether oxygens (including phenoxy) is 1. The van der Waals surface area contributed by atoms with Crippen LogP contribution in [-0.4, -0.2) is 52.1 Å². The number of nitrogens with zero attached hydrogens (tertiary/aromatic N) is 3. The molecular weight excluding hydrogens is 294 g/mol. The van der Waals surface area contributed by atoms with Crippen LogP contribution in [0, 0.1) is 6.92 Å². The molecule has 2 atom stereocenters. The van der Waals surface area contributed by atoms with Crippen LogP contribution < -0.4 is 0 Å². The van der Waals surface area contributed by atoms with E-state index in [1.54, 1.807) is 0 Å². The summed E-state index contributed by atoms with van der Waals surface area (Å²) in [5.41, 5.74) is 2.42. The van der Waals surface area contributed by atoms with Crippen LogP contribution in [0.25, 0.3) is 0 Å². The summed E-state index contributed by atoms with van der Waals surface area (Å²) < 4.78 is 11.3. The number of benzene rings is 1. The average Bonchev–Trinajstić information content (AvgIpc) is 2.99. The number of aliphatic hydroxyl groups excluding tert-OH is 1. The molecule has 23 heavy (non-hydrogen) atoms. The van der Waals surface area contributed by atoms with Crippen molar-refractivity contribution in [3.05, 3.63) is 47.2 Å². The van der Waals surface area contributed by atoms with Crippen molar-refractivity contribution < 1.29 is 14.3 Å². The summed E-state index contributed by atoms with van der Waals surface area (Å²) >= 11 is 0. The molecule has 0 saturated carbocycles. The van der Waals surface area contributed by atoms with Crippen LogP contribution in [0.3, 0.4) is 0 Å². The fourth-order valence-electron chi connectivity index (χ4n) is 2.77. The summed E-state index contributed by atoms with van der Waals surface area (Å²) in [6.07, 6.45) is 0.512. The van der Waals surface area contributed by atoms with E-state index in [2.05, 4.69) is 41.1 Å². The maximum atomic E-state index is 9.25. The molecule has 2 aromatic rings. The second-order valence-corrected chi connectivity index (χ2v) is 6.11. The number of aryl methyl sites for hydroxylation is 1. The van der Waals surface area contributed by atoms with Crippen molar-refractivity contribution >= 4 is 0 Å². The normalized spacial score (nSPS) is 22.4. The number of aliphatic hydroxyl groups is 1. The molecular formula is C17H23N3O3. The first kappa shape index (κ1) is 16.1. The molecule has 6 heteroatoms. The molecule has 1 aromatic heterocycles. The standard InChI is InChI=1S/C17H23N3O3/c1-12-5-3-4-6-14(12)7-16-18-19-17(23-16)9-20-8-15(10-21)22-11-13(20)2/h3-6,13,15,21H,7-11H2,1-2H3. The Kier molecular flexibility index (Phi) is 5.05. The van der Waals surface area contributed by atoms with Crippen molar-refractivity contribution in [1.29, 1.82) is 0 Å². The molecule has 1 fully saturated rings. The van der Waals surface area contributed by atoms with Gasteiger partial charge in [-0.05, 0) is 25.0 Å². The molecule has 0 amide bonds. The van der Waals surface area contributed by atoms with Crippen molar-refractivity contribution in [2.24, 2.45) is 0 Å². The summed E-state index contributed by atoms with van der Waals surface area (Å²) in [7, 11) is 0. The minimum atomic E-state index is -0.138. The van der Waals surface area contributed by atoms with Crippen LogP contribution in [0.4, 0.5) is 0 Å². The minimum Gasteiger partial charge on any atom is -0.424 e. The predicted octanol–water partition coefficient (Wildman–Crippen LogP) is 1.55. The van der Waals surface area contributed by atoms with Crippen molar-refractivity contribution in [1.82, 2.24) is 15.1 Å². The third-order valence-corrected chi connectivity index (χ3v) is 4.29. The lowest BCUT2D eigenvalue weighted by atomic mass is 10.1. The molecule has 1 aromatic carbocycles. The van der Waals surface area contributed by atoms with Gasteiger partial charge in [-0.2, -0.15) is 0 Å². The van der Waals surface area contributed by atoms with Gasteiger partial charge in [-0.25, -0.2) is 0 Å². The molecule has 0 radical (unpaired) electrons. The van der Waals surface area contributed by atoms with Crippen LogP contribution in [0.15, 0.2) is 28.7 Å². The highest BCUT2D eigenvalue weighted by Gasteiger charge is 2.27. The van der Waals surface area contributed by atoms with Crippen LogP contribution >= 0.6 is 0 Å². The van der Waals surface area contributed by atoms with Gasteiger partial charge in [-0.15, -0.1) is 10.2 Å². The molecule has 1 N–H and O–H groups in total. The van der Waals surface area contributed by atoms with Crippen LogP contribution in [-0.2, 0) is 17.7 Å².